The summed E-state index contributed by atoms with van der Waals surface area (Å²) >= 11 is 0. The van der Waals surface area contributed by atoms with Crippen molar-refractivity contribution in [1.82, 2.24) is 10.6 Å². The van der Waals surface area contributed by atoms with E-state index in [1.165, 1.54) is 58.3 Å². The first-order valence-electron chi connectivity index (χ1n) is 6.86. The first kappa shape index (κ1) is 13.0. The lowest BCUT2D eigenvalue weighted by Crippen LogP contribution is -2.32. The van der Waals surface area contributed by atoms with Gasteiger partial charge in [0.25, 0.3) is 0 Å². The van der Waals surface area contributed by atoms with Crippen molar-refractivity contribution in [3.8, 4) is 0 Å². The van der Waals surface area contributed by atoms with Gasteiger partial charge in [-0.1, -0.05) is 13.8 Å². The summed E-state index contributed by atoms with van der Waals surface area (Å²) in [5, 5.41) is 6.88. The van der Waals surface area contributed by atoms with Crippen LogP contribution < -0.4 is 10.6 Å². The third-order valence-electron chi connectivity index (χ3n) is 3.58. The summed E-state index contributed by atoms with van der Waals surface area (Å²) in [5.41, 5.74) is 0. The molecule has 2 N–H and O–H groups in total. The van der Waals surface area contributed by atoms with Crippen LogP contribution in [0.4, 0.5) is 0 Å². The Kier molecular flexibility index (Phi) is 7.03. The molecule has 0 bridgehead atoms. The van der Waals surface area contributed by atoms with E-state index in [2.05, 4.69) is 10.6 Å². The Hall–Kier alpha value is -0.0800. The number of hydrogen-bond donors (Lipinski definition) is 2. The van der Waals surface area contributed by atoms with Crippen molar-refractivity contribution in [2.75, 3.05) is 26.2 Å². The Morgan fingerprint density at radius 2 is 1.07 bits per heavy atom. The average Bonchev–Trinajstić information content (AvgIpc) is 2.34. The average molecular weight is 212 g/mol. The van der Waals surface area contributed by atoms with Crippen molar-refractivity contribution < 1.29 is 0 Å². The fourth-order valence-corrected chi connectivity index (χ4v) is 2.71. The number of hydrogen-bond acceptors (Lipinski definition) is 2. The van der Waals surface area contributed by atoms with Gasteiger partial charge in [-0.25, -0.2) is 0 Å². The van der Waals surface area contributed by atoms with Crippen molar-refractivity contribution in [1.29, 1.82) is 0 Å². The molecule has 0 atom stereocenters. The van der Waals surface area contributed by atoms with Crippen molar-refractivity contribution in [2.24, 2.45) is 11.8 Å². The van der Waals surface area contributed by atoms with E-state index in [1.54, 1.807) is 0 Å². The molecular weight excluding hydrogens is 184 g/mol. The normalized spacial score (nSPS) is 24.4. The monoisotopic (exact) mass is 212 g/mol. The highest BCUT2D eigenvalue weighted by molar-refractivity contribution is 4.75. The Bertz CT molecular complexity index is 119. The molecule has 0 aromatic rings. The summed E-state index contributed by atoms with van der Waals surface area (Å²) in [7, 11) is 0. The van der Waals surface area contributed by atoms with Crippen molar-refractivity contribution in [3.05, 3.63) is 0 Å². The molecule has 0 unspecified atom stereocenters. The Balaban J connectivity index is 0.000000531. The van der Waals surface area contributed by atoms with Crippen molar-refractivity contribution in [2.45, 2.75) is 46.0 Å². The second-order valence-electron chi connectivity index (χ2n) is 4.62. The summed E-state index contributed by atoms with van der Waals surface area (Å²) in [6.07, 6.45) is 7.19. The van der Waals surface area contributed by atoms with Crippen LogP contribution >= 0.6 is 0 Å². The Morgan fingerprint density at radius 1 is 0.733 bits per heavy atom. The topological polar surface area (TPSA) is 24.1 Å². The maximum Gasteiger partial charge on any atom is -0.00463 e. The zero-order valence-electron chi connectivity index (χ0n) is 10.5. The lowest BCUT2D eigenvalue weighted by molar-refractivity contribution is 0.259. The predicted molar refractivity (Wildman–Crippen MR) is 67.2 cm³/mol. The number of nitrogens with one attached hydrogen (secondary N) is 2. The van der Waals surface area contributed by atoms with E-state index >= 15 is 0 Å². The minimum atomic E-state index is 1.03. The summed E-state index contributed by atoms with van der Waals surface area (Å²) in [4.78, 5) is 0. The van der Waals surface area contributed by atoms with E-state index in [9.17, 15) is 0 Å². The lowest BCUT2D eigenvalue weighted by atomic mass is 9.83. The SMILES string of the molecule is C1CC(CC2CCNCC2)CCN1.CC. The molecule has 0 spiro atoms. The Morgan fingerprint density at radius 3 is 1.40 bits per heavy atom. The van der Waals surface area contributed by atoms with Crippen LogP contribution in [0.3, 0.4) is 0 Å². The third kappa shape index (κ3) is 4.98. The molecule has 0 aromatic heterocycles. The summed E-state index contributed by atoms with van der Waals surface area (Å²) < 4.78 is 0. The van der Waals surface area contributed by atoms with E-state index in [4.69, 9.17) is 0 Å². The molecule has 2 nitrogen and oxygen atoms in total. The van der Waals surface area contributed by atoms with Crippen LogP contribution in [0.2, 0.25) is 0 Å². The largest absolute Gasteiger partial charge is 0.317 e. The van der Waals surface area contributed by atoms with E-state index in [0.29, 0.717) is 0 Å². The molecule has 0 aromatic carbocycles. The summed E-state index contributed by atoms with van der Waals surface area (Å²) in [6, 6.07) is 0. The van der Waals surface area contributed by atoms with Crippen LogP contribution in [0, 0.1) is 11.8 Å². The maximum absolute atomic E-state index is 3.44. The second kappa shape index (κ2) is 8.12. The maximum atomic E-state index is 3.44. The van der Waals surface area contributed by atoms with E-state index < -0.39 is 0 Å². The Labute approximate surface area is 95.2 Å². The van der Waals surface area contributed by atoms with Gasteiger partial charge in [-0.3, -0.25) is 0 Å². The summed E-state index contributed by atoms with van der Waals surface area (Å²) in [5.74, 6) is 2.06. The molecule has 0 saturated carbocycles. The van der Waals surface area contributed by atoms with Crippen LogP contribution in [0.25, 0.3) is 0 Å². The van der Waals surface area contributed by atoms with Crippen LogP contribution in [0.5, 0.6) is 0 Å². The molecule has 2 fully saturated rings. The molecule has 0 aliphatic carbocycles. The fourth-order valence-electron chi connectivity index (χ4n) is 2.71. The summed E-state index contributed by atoms with van der Waals surface area (Å²) in [6.45, 7) is 9.04. The number of rotatable bonds is 2. The van der Waals surface area contributed by atoms with Crippen molar-refractivity contribution >= 4 is 0 Å². The van der Waals surface area contributed by atoms with Gasteiger partial charge < -0.3 is 10.6 Å². The molecule has 2 aliphatic rings. The van der Waals surface area contributed by atoms with Gasteiger partial charge in [0.2, 0.25) is 0 Å². The third-order valence-corrected chi connectivity index (χ3v) is 3.58. The molecule has 15 heavy (non-hydrogen) atoms. The molecule has 2 heterocycles. The highest BCUT2D eigenvalue weighted by Crippen LogP contribution is 2.26. The van der Waals surface area contributed by atoms with Gasteiger partial charge in [0, 0.05) is 0 Å². The zero-order valence-corrected chi connectivity index (χ0v) is 10.5. The smallest absolute Gasteiger partial charge is 0.00463 e. The minimum absolute atomic E-state index is 1.03. The highest BCUT2D eigenvalue weighted by Gasteiger charge is 2.19. The van der Waals surface area contributed by atoms with E-state index in [1.807, 2.05) is 13.8 Å². The molecule has 2 rings (SSSR count). The van der Waals surface area contributed by atoms with Crippen LogP contribution in [0.1, 0.15) is 46.0 Å². The molecule has 2 heteroatoms. The second-order valence-corrected chi connectivity index (χ2v) is 4.62. The minimum Gasteiger partial charge on any atom is -0.317 e. The standard InChI is InChI=1S/C11H22N2.C2H6/c1-5-12-6-2-10(1)9-11-3-7-13-8-4-11;1-2/h10-13H,1-9H2;1-2H3. The van der Waals surface area contributed by atoms with Crippen LogP contribution in [-0.2, 0) is 0 Å². The molecule has 0 radical (unpaired) electrons. The van der Waals surface area contributed by atoms with Gasteiger partial charge in [-0.05, 0) is 70.1 Å². The first-order chi connectivity index (χ1) is 7.45. The van der Waals surface area contributed by atoms with Crippen LogP contribution in [-0.4, -0.2) is 26.2 Å². The molecule has 90 valence electrons. The van der Waals surface area contributed by atoms with Gasteiger partial charge in [0.05, 0.1) is 0 Å². The van der Waals surface area contributed by atoms with Crippen molar-refractivity contribution in [3.63, 3.8) is 0 Å². The predicted octanol–water partition coefficient (Wildman–Crippen LogP) is 2.40. The van der Waals surface area contributed by atoms with Gasteiger partial charge in [-0.15, -0.1) is 0 Å². The zero-order chi connectivity index (χ0) is 10.9. The molecule has 0 amide bonds. The molecular formula is C13H28N2. The van der Waals surface area contributed by atoms with Gasteiger partial charge in [-0.2, -0.15) is 0 Å². The lowest BCUT2D eigenvalue weighted by Gasteiger charge is -2.29. The molecule has 2 aliphatic heterocycles. The quantitative estimate of drug-likeness (QED) is 0.734. The van der Waals surface area contributed by atoms with E-state index in [0.717, 1.165) is 11.8 Å². The first-order valence-corrected chi connectivity index (χ1v) is 6.86. The van der Waals surface area contributed by atoms with Gasteiger partial charge in [0.1, 0.15) is 0 Å². The number of piperidine rings is 2. The highest BCUT2D eigenvalue weighted by atomic mass is 14.9. The molecule has 2 saturated heterocycles. The van der Waals surface area contributed by atoms with Gasteiger partial charge >= 0.3 is 0 Å². The van der Waals surface area contributed by atoms with E-state index in [-0.39, 0.29) is 0 Å². The van der Waals surface area contributed by atoms with Gasteiger partial charge in [0.15, 0.2) is 0 Å². The fraction of sp³-hybridized carbons (Fsp3) is 1.00. The van der Waals surface area contributed by atoms with Crippen LogP contribution in [0.15, 0.2) is 0 Å².